The second-order valence-electron chi connectivity index (χ2n) is 22.6. The highest BCUT2D eigenvalue weighted by atomic mass is 16.1. The van der Waals surface area contributed by atoms with Gasteiger partial charge in [0, 0.05) is 27.5 Å². The van der Waals surface area contributed by atoms with Crippen molar-refractivity contribution in [1.29, 1.82) is 0 Å². The van der Waals surface area contributed by atoms with Gasteiger partial charge in [0.25, 0.3) is 0 Å². The van der Waals surface area contributed by atoms with E-state index < -0.39 is 5.41 Å². The van der Waals surface area contributed by atoms with Crippen LogP contribution in [-0.2, 0) is 10.8 Å². The van der Waals surface area contributed by atoms with Gasteiger partial charge in [0.2, 0.25) is 0 Å². The summed E-state index contributed by atoms with van der Waals surface area (Å²) in [5.41, 5.74) is 22.9. The molecule has 0 aromatic heterocycles. The Bertz CT molecular complexity index is 4160. The van der Waals surface area contributed by atoms with Crippen LogP contribution in [-0.4, -0.2) is 11.6 Å². The lowest BCUT2D eigenvalue weighted by atomic mass is 9.76. The zero-order valence-electron chi connectivity index (χ0n) is 43.7. The van der Waals surface area contributed by atoms with E-state index in [0.29, 0.717) is 17.5 Å². The number of rotatable bonds is 8. The molecular formula is C73H58O2. The second-order valence-corrected chi connectivity index (χ2v) is 22.6. The van der Waals surface area contributed by atoms with E-state index in [-0.39, 0.29) is 22.4 Å². The molecule has 0 aliphatic heterocycles. The summed E-state index contributed by atoms with van der Waals surface area (Å²) in [5.74, 6) is 0.133. The predicted octanol–water partition coefficient (Wildman–Crippen LogP) is 18.8. The summed E-state index contributed by atoms with van der Waals surface area (Å²) in [6.45, 7) is 15.7. The number of carbonyl (C=O) groups is 2. The number of aryl methyl sites for hydroxylation is 2. The van der Waals surface area contributed by atoms with Crippen LogP contribution < -0.4 is 0 Å². The first-order valence-electron chi connectivity index (χ1n) is 26.5. The molecule has 0 heterocycles. The quantitative estimate of drug-likeness (QED) is 0.112. The minimum absolute atomic E-state index is 0.00641. The normalized spacial score (nSPS) is 16.4. The summed E-state index contributed by atoms with van der Waals surface area (Å²) < 4.78 is 0. The lowest BCUT2D eigenvalue weighted by molar-refractivity contribution is 0.0870. The third-order valence-corrected chi connectivity index (χ3v) is 17.3. The number of benzene rings is 10. The molecule has 0 spiro atoms. The van der Waals surface area contributed by atoms with Crippen LogP contribution in [0.4, 0.5) is 0 Å². The van der Waals surface area contributed by atoms with E-state index in [1.807, 2.05) is 67.6 Å². The van der Waals surface area contributed by atoms with Crippen LogP contribution in [0.5, 0.6) is 0 Å². The number of fused-ring (bicyclic) bond motifs is 8. The zero-order chi connectivity index (χ0) is 51.5. The molecule has 3 aliphatic rings. The van der Waals surface area contributed by atoms with Gasteiger partial charge in [-0.25, -0.2) is 0 Å². The Labute approximate surface area is 440 Å². The molecule has 75 heavy (non-hydrogen) atoms. The minimum atomic E-state index is -0.602. The monoisotopic (exact) mass is 966 g/mol. The van der Waals surface area contributed by atoms with Gasteiger partial charge in [0.15, 0.2) is 11.6 Å². The molecule has 2 nitrogen and oxygen atoms in total. The van der Waals surface area contributed by atoms with Gasteiger partial charge < -0.3 is 0 Å². The maximum Gasteiger partial charge on any atom is 0.193 e. The molecule has 0 amide bonds. The summed E-state index contributed by atoms with van der Waals surface area (Å²) >= 11 is 0. The van der Waals surface area contributed by atoms with E-state index in [0.717, 1.165) is 71.6 Å². The van der Waals surface area contributed by atoms with Gasteiger partial charge in [0.05, 0.1) is 5.41 Å². The van der Waals surface area contributed by atoms with Crippen molar-refractivity contribution in [2.45, 2.75) is 65.7 Å². The van der Waals surface area contributed by atoms with Crippen molar-refractivity contribution in [3.05, 3.63) is 262 Å². The fourth-order valence-corrected chi connectivity index (χ4v) is 13.1. The molecule has 0 radical (unpaired) electrons. The third-order valence-electron chi connectivity index (χ3n) is 17.3. The topological polar surface area (TPSA) is 34.1 Å². The van der Waals surface area contributed by atoms with Crippen LogP contribution in [0.2, 0.25) is 0 Å². The highest BCUT2D eigenvalue weighted by Crippen LogP contribution is 2.53. The molecule has 3 aliphatic carbocycles. The SMILES string of the molecule is Cc1cc(C(=O)c2ccccc2)ccc1-c1c2ccc(-c3ccc4c(c3)C(C)(C)c3ccccc3-4)cc2c(-c2ccc(C(=O)C3(C)C=CC=CC3)cc2C)c2ccc(-c3ccc4c(c3)C(C)(C)c3ccccc3-4)cc12. The van der Waals surface area contributed by atoms with E-state index in [2.05, 4.69) is 193 Å². The van der Waals surface area contributed by atoms with Crippen LogP contribution in [0.3, 0.4) is 0 Å². The summed E-state index contributed by atoms with van der Waals surface area (Å²) in [7, 11) is 0. The predicted molar refractivity (Wildman–Crippen MR) is 313 cm³/mol. The van der Waals surface area contributed by atoms with E-state index in [9.17, 15) is 9.59 Å². The largest absolute Gasteiger partial charge is 0.293 e. The van der Waals surface area contributed by atoms with Crippen molar-refractivity contribution < 1.29 is 9.59 Å². The molecule has 2 heteroatoms. The molecule has 10 aromatic carbocycles. The van der Waals surface area contributed by atoms with E-state index >= 15 is 0 Å². The standard InChI is InChI=1S/C73H58O2/c1-44-38-51(69(74)46-18-10-8-11-19-46)28-30-53(44)67-59-34-26-48(50-25-33-58-56-21-13-15-23-64(56)72(5,6)66(58)43-50)41-62(59)68(54-31-29-52(39-45(54)2)70(75)73(7)36-16-9-17-37-73)60-35-27-47(40-61(60)67)49-24-32-57-55-20-12-14-22-63(55)71(3,4)65(57)42-49/h8-36,38-43H,37H2,1-7H3. The summed E-state index contributed by atoms with van der Waals surface area (Å²) in [6, 6.07) is 67.9. The highest BCUT2D eigenvalue weighted by molar-refractivity contribution is 6.23. The van der Waals surface area contributed by atoms with Crippen molar-refractivity contribution in [1.82, 2.24) is 0 Å². The Balaban J connectivity index is 1.07. The summed E-state index contributed by atoms with van der Waals surface area (Å²) in [4.78, 5) is 28.4. The molecular weight excluding hydrogens is 909 g/mol. The van der Waals surface area contributed by atoms with Crippen molar-refractivity contribution in [3.63, 3.8) is 0 Å². The Kier molecular flexibility index (Phi) is 10.5. The lowest BCUT2D eigenvalue weighted by Crippen LogP contribution is -2.26. The van der Waals surface area contributed by atoms with Gasteiger partial charge in [-0.3, -0.25) is 9.59 Å². The molecule has 362 valence electrons. The van der Waals surface area contributed by atoms with E-state index in [4.69, 9.17) is 0 Å². The number of hydrogen-bond acceptors (Lipinski definition) is 2. The number of hydrogen-bond donors (Lipinski definition) is 0. The lowest BCUT2D eigenvalue weighted by Gasteiger charge is -2.25. The fourth-order valence-electron chi connectivity index (χ4n) is 13.1. The number of Topliss-reactive ketones (excluding diaryl/α,β-unsaturated/α-hetero) is 1. The van der Waals surface area contributed by atoms with Crippen molar-refractivity contribution in [2.24, 2.45) is 5.41 Å². The van der Waals surface area contributed by atoms with Crippen LogP contribution >= 0.6 is 0 Å². The Hall–Kier alpha value is -8.46. The first-order chi connectivity index (χ1) is 36.2. The van der Waals surface area contributed by atoms with E-state index in [1.54, 1.807) is 0 Å². The van der Waals surface area contributed by atoms with Gasteiger partial charge in [0.1, 0.15) is 0 Å². The molecule has 1 unspecified atom stereocenters. The molecule has 0 fully saturated rings. The third kappa shape index (κ3) is 7.21. The van der Waals surface area contributed by atoms with Gasteiger partial charge in [-0.1, -0.05) is 204 Å². The molecule has 13 rings (SSSR count). The van der Waals surface area contributed by atoms with Crippen LogP contribution in [0.15, 0.2) is 212 Å². The first kappa shape index (κ1) is 46.3. The number of allylic oxidation sites excluding steroid dienone is 4. The van der Waals surface area contributed by atoms with Gasteiger partial charge in [-0.15, -0.1) is 0 Å². The smallest absolute Gasteiger partial charge is 0.193 e. The molecule has 0 N–H and O–H groups in total. The molecule has 10 aromatic rings. The van der Waals surface area contributed by atoms with Gasteiger partial charge in [-0.2, -0.15) is 0 Å². The maximum absolute atomic E-state index is 14.4. The van der Waals surface area contributed by atoms with Crippen molar-refractivity contribution in [2.75, 3.05) is 0 Å². The number of ketones is 2. The maximum atomic E-state index is 14.4. The molecule has 1 atom stereocenters. The summed E-state index contributed by atoms with van der Waals surface area (Å²) in [5, 5.41) is 4.49. The van der Waals surface area contributed by atoms with Crippen molar-refractivity contribution >= 4 is 33.1 Å². The van der Waals surface area contributed by atoms with Crippen LogP contribution in [0.1, 0.15) is 101 Å². The minimum Gasteiger partial charge on any atom is -0.293 e. The van der Waals surface area contributed by atoms with Crippen LogP contribution in [0.25, 0.3) is 88.3 Å². The number of carbonyl (C=O) groups excluding carboxylic acids is 2. The van der Waals surface area contributed by atoms with Gasteiger partial charge >= 0.3 is 0 Å². The second kappa shape index (κ2) is 17.0. The summed E-state index contributed by atoms with van der Waals surface area (Å²) in [6.07, 6.45) is 8.82. The Morgan fingerprint density at radius 3 is 1.32 bits per heavy atom. The average molecular weight is 967 g/mol. The highest BCUT2D eigenvalue weighted by Gasteiger charge is 2.37. The molecule has 0 bridgehead atoms. The zero-order valence-corrected chi connectivity index (χ0v) is 43.7. The van der Waals surface area contributed by atoms with E-state index in [1.165, 1.54) is 55.6 Å². The van der Waals surface area contributed by atoms with Crippen LogP contribution in [0, 0.1) is 19.3 Å². The molecule has 0 saturated carbocycles. The molecule has 0 saturated heterocycles. The Morgan fingerprint density at radius 2 is 0.813 bits per heavy atom. The van der Waals surface area contributed by atoms with Gasteiger partial charge in [-0.05, 0) is 185 Å². The fraction of sp³-hybridized carbons (Fsp3) is 0.151. The Morgan fingerprint density at radius 1 is 0.373 bits per heavy atom. The average Bonchev–Trinajstić information content (AvgIpc) is 3.82. The first-order valence-corrected chi connectivity index (χ1v) is 26.5. The van der Waals surface area contributed by atoms with Crippen molar-refractivity contribution in [3.8, 4) is 66.8 Å².